The fourth-order valence-corrected chi connectivity index (χ4v) is 5.83. The van der Waals surface area contributed by atoms with Gasteiger partial charge in [-0.2, -0.15) is 5.26 Å². The predicted molar refractivity (Wildman–Crippen MR) is 170 cm³/mol. The van der Waals surface area contributed by atoms with E-state index in [9.17, 15) is 24.4 Å². The average molecular weight is 706 g/mol. The van der Waals surface area contributed by atoms with Gasteiger partial charge in [-0.25, -0.2) is 4.68 Å². The molecular weight excluding hydrogens is 670 g/mol. The smallest absolute Gasteiger partial charge is 0.303 e. The third kappa shape index (κ3) is 8.19. The predicted octanol–water partition coefficient (Wildman–Crippen LogP) is 2.34. The Labute approximate surface area is 291 Å². The maximum absolute atomic E-state index is 12.2. The van der Waals surface area contributed by atoms with Crippen molar-refractivity contribution in [2.24, 2.45) is 5.73 Å². The number of nitriles is 1. The fourth-order valence-electron chi connectivity index (χ4n) is 5.83. The van der Waals surface area contributed by atoms with Crippen molar-refractivity contribution < 1.29 is 57.1 Å². The Balaban J connectivity index is 1.40. The summed E-state index contributed by atoms with van der Waals surface area (Å²) in [5, 5.41) is 18.2. The molecule has 3 heterocycles. The Morgan fingerprint density at radius 2 is 1.61 bits per heavy atom. The number of aromatic nitrogens is 3. The molecule has 2 aliphatic heterocycles. The molecule has 1 fully saturated rings. The highest BCUT2D eigenvalue weighted by Gasteiger charge is 2.53. The van der Waals surface area contributed by atoms with Gasteiger partial charge < -0.3 is 43.6 Å². The van der Waals surface area contributed by atoms with Gasteiger partial charge in [0.2, 0.25) is 5.88 Å². The van der Waals surface area contributed by atoms with Gasteiger partial charge >= 0.3 is 23.9 Å². The first-order valence-corrected chi connectivity index (χ1v) is 15.6. The summed E-state index contributed by atoms with van der Waals surface area (Å²) in [4.78, 5) is 48.0. The van der Waals surface area contributed by atoms with E-state index in [2.05, 4.69) is 16.4 Å². The second-order valence-electron chi connectivity index (χ2n) is 11.4. The highest BCUT2D eigenvalue weighted by atomic mass is 16.7. The zero-order valence-corrected chi connectivity index (χ0v) is 28.3. The number of carbonyl (C=O) groups is 4. The van der Waals surface area contributed by atoms with Crippen molar-refractivity contribution in [3.05, 3.63) is 76.9 Å². The molecule has 3 aromatic rings. The summed E-state index contributed by atoms with van der Waals surface area (Å²) < 4.78 is 46.2. The zero-order chi connectivity index (χ0) is 36.8. The standard InChI is InChI=1S/C34H35N5O12/c1-17(40)45-16-28-30(47-18(2)41)31(48-19(3)42)32(49-20(4)43)34(51-28)39-14-21(37-38-39)15-46-22-10-11-24-27(12-22)50-33(36)25(13-35)29(24)23-8-6-7-9-26(23)44-5/h6-12,14,28-32,34H,15-16,36H2,1-5H3/t28-,29?,30-,31+,32-,34-/m1/s1. The summed E-state index contributed by atoms with van der Waals surface area (Å²) in [6.07, 6.45) is -5.06. The molecule has 0 spiro atoms. The summed E-state index contributed by atoms with van der Waals surface area (Å²) >= 11 is 0. The van der Waals surface area contributed by atoms with Crippen LogP contribution in [0.25, 0.3) is 0 Å². The number of hydrogen-bond acceptors (Lipinski definition) is 16. The number of hydrogen-bond donors (Lipinski definition) is 1. The van der Waals surface area contributed by atoms with Gasteiger partial charge in [-0.05, 0) is 12.1 Å². The van der Waals surface area contributed by atoms with E-state index in [4.69, 9.17) is 43.6 Å². The molecule has 1 aromatic heterocycles. The van der Waals surface area contributed by atoms with Crippen molar-refractivity contribution in [2.75, 3.05) is 13.7 Å². The Morgan fingerprint density at radius 1 is 0.922 bits per heavy atom. The maximum atomic E-state index is 12.2. The van der Waals surface area contributed by atoms with Gasteiger partial charge in [0.25, 0.3) is 0 Å². The number of rotatable bonds is 11. The number of allylic oxidation sites excluding steroid dienone is 1. The third-order valence-electron chi connectivity index (χ3n) is 7.81. The molecule has 0 amide bonds. The van der Waals surface area contributed by atoms with Crippen molar-refractivity contribution in [3.63, 3.8) is 0 Å². The van der Waals surface area contributed by atoms with Crippen molar-refractivity contribution in [1.29, 1.82) is 5.26 Å². The lowest BCUT2D eigenvalue weighted by Gasteiger charge is -2.44. The number of nitrogens with zero attached hydrogens (tertiary/aromatic N) is 4. The number of para-hydroxylation sites is 1. The summed E-state index contributed by atoms with van der Waals surface area (Å²) in [7, 11) is 1.54. The van der Waals surface area contributed by atoms with Crippen LogP contribution >= 0.6 is 0 Å². The Morgan fingerprint density at radius 3 is 2.27 bits per heavy atom. The summed E-state index contributed by atoms with van der Waals surface area (Å²) in [6, 6.07) is 14.6. The lowest BCUT2D eigenvalue weighted by atomic mass is 9.83. The minimum absolute atomic E-state index is 0.0502. The van der Waals surface area contributed by atoms with Gasteiger partial charge in [-0.1, -0.05) is 29.5 Å². The summed E-state index contributed by atoms with van der Waals surface area (Å²) in [6.45, 7) is 4.08. The van der Waals surface area contributed by atoms with Crippen molar-refractivity contribution >= 4 is 23.9 Å². The SMILES string of the molecule is COc1ccccc1C1C(C#N)=C(N)Oc2cc(OCc3cn([C@@H]4O[C@H](COC(C)=O)[C@@H](OC(C)=O)[C@H](OC(C)=O)[C@H]4OC(C)=O)nn3)ccc21. The van der Waals surface area contributed by atoms with E-state index in [1.54, 1.807) is 31.4 Å². The molecule has 0 saturated carbocycles. The molecule has 2 aromatic carbocycles. The van der Waals surface area contributed by atoms with Gasteiger partial charge in [0.05, 0.1) is 19.2 Å². The van der Waals surface area contributed by atoms with E-state index in [1.165, 1.54) is 17.8 Å². The van der Waals surface area contributed by atoms with Crippen LogP contribution in [-0.2, 0) is 49.5 Å². The lowest BCUT2D eigenvalue weighted by molar-refractivity contribution is -0.270. The van der Waals surface area contributed by atoms with Crippen molar-refractivity contribution in [3.8, 4) is 23.3 Å². The van der Waals surface area contributed by atoms with Gasteiger partial charge in [0.15, 0.2) is 24.5 Å². The third-order valence-corrected chi connectivity index (χ3v) is 7.81. The molecule has 0 radical (unpaired) electrons. The van der Waals surface area contributed by atoms with Crippen molar-refractivity contribution in [1.82, 2.24) is 15.0 Å². The second kappa shape index (κ2) is 15.6. The monoisotopic (exact) mass is 705 g/mol. The number of methoxy groups -OCH3 is 1. The topological polar surface area (TPSA) is 223 Å². The van der Waals surface area contributed by atoms with Gasteiger partial charge in [0.1, 0.15) is 53.9 Å². The maximum Gasteiger partial charge on any atom is 0.303 e. The first-order chi connectivity index (χ1) is 24.4. The van der Waals surface area contributed by atoms with Crippen LogP contribution in [0.4, 0.5) is 0 Å². The van der Waals surface area contributed by atoms with E-state index >= 15 is 0 Å². The molecule has 17 nitrogen and oxygen atoms in total. The van der Waals surface area contributed by atoms with E-state index < -0.39 is 67.0 Å². The molecule has 2 aliphatic rings. The molecular formula is C34H35N5O12. The number of fused-ring (bicyclic) bond motifs is 1. The minimum Gasteiger partial charge on any atom is -0.496 e. The van der Waals surface area contributed by atoms with Crippen LogP contribution in [0.15, 0.2) is 60.1 Å². The molecule has 1 unspecified atom stereocenters. The molecule has 2 N–H and O–H groups in total. The molecule has 0 bridgehead atoms. The number of carbonyl (C=O) groups excluding carboxylic acids is 4. The highest BCUT2D eigenvalue weighted by Crippen LogP contribution is 2.46. The highest BCUT2D eigenvalue weighted by molar-refractivity contribution is 5.69. The number of benzene rings is 2. The van der Waals surface area contributed by atoms with E-state index in [-0.39, 0.29) is 18.1 Å². The molecule has 6 atom stereocenters. The number of ether oxygens (including phenoxy) is 8. The molecule has 5 rings (SSSR count). The van der Waals surface area contributed by atoms with Crippen LogP contribution in [0.5, 0.6) is 17.2 Å². The molecule has 51 heavy (non-hydrogen) atoms. The van der Waals surface area contributed by atoms with Crippen LogP contribution in [0.2, 0.25) is 0 Å². The number of nitrogens with two attached hydrogens (primary N) is 1. The summed E-state index contributed by atoms with van der Waals surface area (Å²) in [5.41, 5.74) is 8.13. The van der Waals surface area contributed by atoms with E-state index in [0.717, 1.165) is 26.3 Å². The second-order valence-corrected chi connectivity index (χ2v) is 11.4. The van der Waals surface area contributed by atoms with E-state index in [0.29, 0.717) is 28.5 Å². The lowest BCUT2D eigenvalue weighted by Crippen LogP contribution is -2.60. The van der Waals surface area contributed by atoms with E-state index in [1.807, 2.05) is 18.2 Å². The van der Waals surface area contributed by atoms with Crippen LogP contribution in [0, 0.1) is 11.3 Å². The van der Waals surface area contributed by atoms with Gasteiger partial charge in [-0.15, -0.1) is 5.10 Å². The molecule has 0 aliphatic carbocycles. The normalized spacial score (nSPS) is 22.4. The van der Waals surface area contributed by atoms with Gasteiger partial charge in [0, 0.05) is 44.9 Å². The Hall–Kier alpha value is -6.15. The van der Waals surface area contributed by atoms with Crippen LogP contribution < -0.4 is 19.9 Å². The fraction of sp³-hybridized carbons (Fsp3) is 0.382. The number of esters is 4. The summed E-state index contributed by atoms with van der Waals surface area (Å²) in [5.74, 6) is -2.18. The average Bonchev–Trinajstić information content (AvgIpc) is 3.55. The van der Waals surface area contributed by atoms with Crippen LogP contribution in [0.1, 0.15) is 56.7 Å². The van der Waals surface area contributed by atoms with Crippen molar-refractivity contribution in [2.45, 2.75) is 70.9 Å². The quantitative estimate of drug-likeness (QED) is 0.223. The Kier molecular flexibility index (Phi) is 11.1. The largest absolute Gasteiger partial charge is 0.496 e. The molecule has 17 heteroatoms. The molecule has 268 valence electrons. The van der Waals surface area contributed by atoms with Gasteiger partial charge in [-0.3, -0.25) is 19.2 Å². The first kappa shape index (κ1) is 36.1. The Bertz CT molecular complexity index is 1880. The minimum atomic E-state index is -1.38. The first-order valence-electron chi connectivity index (χ1n) is 15.6. The van der Waals surface area contributed by atoms with Crippen LogP contribution in [0.3, 0.4) is 0 Å². The zero-order valence-electron chi connectivity index (χ0n) is 28.3. The van der Waals surface area contributed by atoms with Crippen LogP contribution in [-0.4, -0.2) is 77.0 Å². The molecule has 1 saturated heterocycles.